The molecule has 3 aliphatic rings. The fourth-order valence-electron chi connectivity index (χ4n) is 6.69. The Hall–Kier alpha value is -3.55. The molecule has 0 radical (unpaired) electrons. The molecule has 13 heteroatoms. The topological polar surface area (TPSA) is 131 Å². The van der Waals surface area contributed by atoms with Crippen LogP contribution >= 0.6 is 0 Å². The summed E-state index contributed by atoms with van der Waals surface area (Å²) in [6, 6.07) is 9.13. The molecule has 2 aromatic carbocycles. The first-order chi connectivity index (χ1) is 22.2. The van der Waals surface area contributed by atoms with Gasteiger partial charge in [0.2, 0.25) is 11.8 Å². The lowest BCUT2D eigenvalue weighted by molar-refractivity contribution is -0.140. The Labute approximate surface area is 268 Å². The highest BCUT2D eigenvalue weighted by Gasteiger charge is 2.44. The highest BCUT2D eigenvalue weighted by atomic mass is 19.1. The van der Waals surface area contributed by atoms with Gasteiger partial charge in [0, 0.05) is 32.1 Å². The van der Waals surface area contributed by atoms with Gasteiger partial charge in [-0.2, -0.15) is 0 Å². The molecule has 5 rings (SSSR count). The summed E-state index contributed by atoms with van der Waals surface area (Å²) >= 11 is 0. The minimum Gasteiger partial charge on any atom is -0.444 e. The standard InChI is InChI=1S/C33H43BF2N4O6/c35-25-14-22(15-26(36)16-25)18-37-28-12-6-4-2-1-3-5-7-13-30(34(44)45)38-31(41)29-17-27(21-40(29)32(28)42)46-33(43)39-19-23-10-8-9-11-24(23)20-39/h8-11,14-16,27-30,37,44-45H,1-7,12-13,17-21H2,(H,38,41)/t27-,28?,29+,30-/m1/s1. The number of benzene rings is 2. The second-order valence-corrected chi connectivity index (χ2v) is 12.7. The average molecular weight is 641 g/mol. The Kier molecular flexibility index (Phi) is 11.6. The largest absolute Gasteiger partial charge is 0.475 e. The van der Waals surface area contributed by atoms with Gasteiger partial charge in [-0.3, -0.25) is 14.5 Å². The number of carbonyl (C=O) groups is 3. The Morgan fingerprint density at radius 3 is 2.17 bits per heavy atom. The van der Waals surface area contributed by atoms with Crippen LogP contribution < -0.4 is 10.6 Å². The molecule has 3 aliphatic heterocycles. The second kappa shape index (κ2) is 15.8. The van der Waals surface area contributed by atoms with Crippen LogP contribution in [-0.4, -0.2) is 75.5 Å². The molecular weight excluding hydrogens is 597 g/mol. The number of hydrogen-bond donors (Lipinski definition) is 4. The summed E-state index contributed by atoms with van der Waals surface area (Å²) in [5.74, 6) is -3.31. The first-order valence-electron chi connectivity index (χ1n) is 16.4. The van der Waals surface area contributed by atoms with Crippen LogP contribution in [0, 0.1) is 11.6 Å². The van der Waals surface area contributed by atoms with E-state index in [2.05, 4.69) is 10.6 Å². The lowest BCUT2D eigenvalue weighted by Gasteiger charge is -2.30. The number of fused-ring (bicyclic) bond motifs is 2. The van der Waals surface area contributed by atoms with E-state index in [1.807, 2.05) is 24.3 Å². The highest BCUT2D eigenvalue weighted by molar-refractivity contribution is 6.43. The lowest BCUT2D eigenvalue weighted by atomic mass is 9.76. The van der Waals surface area contributed by atoms with Crippen molar-refractivity contribution in [2.45, 2.75) is 108 Å². The number of amides is 3. The number of carbonyl (C=O) groups excluding carboxylic acids is 3. The van der Waals surface area contributed by atoms with Crippen LogP contribution in [0.3, 0.4) is 0 Å². The predicted octanol–water partition coefficient (Wildman–Crippen LogP) is 3.57. The summed E-state index contributed by atoms with van der Waals surface area (Å²) in [4.78, 5) is 44.0. The van der Waals surface area contributed by atoms with Gasteiger partial charge in [-0.15, -0.1) is 0 Å². The molecular formula is C33H43BF2N4O6. The number of ether oxygens (including phenoxy) is 1. The van der Waals surface area contributed by atoms with E-state index in [4.69, 9.17) is 4.74 Å². The van der Waals surface area contributed by atoms with E-state index in [1.54, 1.807) is 4.90 Å². The smallest absolute Gasteiger partial charge is 0.444 e. The molecule has 4 atom stereocenters. The fourth-order valence-corrected chi connectivity index (χ4v) is 6.69. The number of nitrogens with zero attached hydrogens (tertiary/aromatic N) is 2. The molecule has 1 unspecified atom stereocenters. The number of halogens is 2. The molecule has 2 fully saturated rings. The summed E-state index contributed by atoms with van der Waals surface area (Å²) in [5, 5.41) is 25.9. The molecule has 4 N–H and O–H groups in total. The van der Waals surface area contributed by atoms with E-state index in [-0.39, 0.29) is 19.5 Å². The van der Waals surface area contributed by atoms with E-state index in [1.165, 1.54) is 17.0 Å². The third-order valence-electron chi connectivity index (χ3n) is 9.18. The molecule has 0 aromatic heterocycles. The SMILES string of the molecule is O=C1N[C@@H](B(O)O)CCCCCCCCCC(NCc2cc(F)cc(F)c2)C(=O)N2C[C@H](OC(=O)N3Cc4ccccc4C3)C[C@@H]12. The van der Waals surface area contributed by atoms with Gasteiger partial charge in [-0.05, 0) is 41.7 Å². The zero-order chi connectivity index (χ0) is 32.6. The third kappa shape index (κ3) is 8.83. The molecule has 0 spiro atoms. The van der Waals surface area contributed by atoms with Crippen molar-refractivity contribution in [1.29, 1.82) is 0 Å². The van der Waals surface area contributed by atoms with Crippen molar-refractivity contribution in [3.8, 4) is 0 Å². The van der Waals surface area contributed by atoms with Crippen LogP contribution in [-0.2, 0) is 34.0 Å². The van der Waals surface area contributed by atoms with Crippen molar-refractivity contribution < 1.29 is 37.9 Å². The monoisotopic (exact) mass is 640 g/mol. The molecule has 2 saturated heterocycles. The number of nitrogens with one attached hydrogen (secondary N) is 2. The predicted molar refractivity (Wildman–Crippen MR) is 167 cm³/mol. The molecule has 2 aromatic rings. The van der Waals surface area contributed by atoms with Gasteiger partial charge < -0.3 is 30.3 Å². The quantitative estimate of drug-likeness (QED) is 0.368. The van der Waals surface area contributed by atoms with Gasteiger partial charge in [-0.25, -0.2) is 13.6 Å². The normalized spacial score (nSPS) is 24.7. The van der Waals surface area contributed by atoms with Crippen molar-refractivity contribution in [3.05, 3.63) is 70.8 Å². The lowest BCUT2D eigenvalue weighted by Crippen LogP contribution is -2.56. The third-order valence-corrected chi connectivity index (χ3v) is 9.18. The molecule has 0 saturated carbocycles. The fraction of sp³-hybridized carbons (Fsp3) is 0.545. The van der Waals surface area contributed by atoms with Crippen LogP contribution in [0.25, 0.3) is 0 Å². The molecule has 0 aliphatic carbocycles. The maximum atomic E-state index is 14.2. The zero-order valence-corrected chi connectivity index (χ0v) is 26.0. The number of rotatable bonds is 5. The van der Waals surface area contributed by atoms with Crippen molar-refractivity contribution >= 4 is 25.0 Å². The van der Waals surface area contributed by atoms with Crippen LogP contribution in [0.15, 0.2) is 42.5 Å². The van der Waals surface area contributed by atoms with E-state index in [9.17, 15) is 33.2 Å². The van der Waals surface area contributed by atoms with Crippen LogP contribution in [0.5, 0.6) is 0 Å². The van der Waals surface area contributed by atoms with E-state index in [0.717, 1.165) is 55.7 Å². The van der Waals surface area contributed by atoms with Crippen molar-refractivity contribution in [2.75, 3.05) is 6.54 Å². The Bertz CT molecular complexity index is 1340. The minimum absolute atomic E-state index is 0.0252. The second-order valence-electron chi connectivity index (χ2n) is 12.7. The van der Waals surface area contributed by atoms with Gasteiger partial charge in [0.05, 0.1) is 18.5 Å². The van der Waals surface area contributed by atoms with Crippen LogP contribution in [0.1, 0.15) is 80.9 Å². The van der Waals surface area contributed by atoms with E-state index in [0.29, 0.717) is 37.9 Å². The van der Waals surface area contributed by atoms with Crippen molar-refractivity contribution in [2.24, 2.45) is 0 Å². The van der Waals surface area contributed by atoms with Gasteiger partial charge >= 0.3 is 13.2 Å². The minimum atomic E-state index is -1.78. The summed E-state index contributed by atoms with van der Waals surface area (Å²) < 4.78 is 33.6. The average Bonchev–Trinajstić information content (AvgIpc) is 3.64. The van der Waals surface area contributed by atoms with Gasteiger partial charge in [0.25, 0.3) is 0 Å². The van der Waals surface area contributed by atoms with Crippen molar-refractivity contribution in [3.63, 3.8) is 0 Å². The molecule has 0 bridgehead atoms. The molecule has 248 valence electrons. The number of hydrogen-bond acceptors (Lipinski definition) is 7. The maximum absolute atomic E-state index is 14.2. The summed E-state index contributed by atoms with van der Waals surface area (Å²) in [6.07, 6.45) is 5.70. The first kappa shape index (κ1) is 33.8. The molecule has 46 heavy (non-hydrogen) atoms. The maximum Gasteiger partial charge on any atom is 0.475 e. The Morgan fingerprint density at radius 1 is 0.935 bits per heavy atom. The molecule has 10 nitrogen and oxygen atoms in total. The molecule has 3 heterocycles. The Morgan fingerprint density at radius 2 is 1.54 bits per heavy atom. The highest BCUT2D eigenvalue weighted by Crippen LogP contribution is 2.27. The first-order valence-corrected chi connectivity index (χ1v) is 16.4. The zero-order valence-electron chi connectivity index (χ0n) is 26.0. The van der Waals surface area contributed by atoms with E-state index >= 15 is 0 Å². The van der Waals surface area contributed by atoms with Gasteiger partial charge in [0.15, 0.2) is 0 Å². The van der Waals surface area contributed by atoms with Gasteiger partial charge in [-0.1, -0.05) is 69.2 Å². The van der Waals surface area contributed by atoms with E-state index < -0.39 is 60.8 Å². The van der Waals surface area contributed by atoms with Gasteiger partial charge in [0.1, 0.15) is 23.8 Å². The van der Waals surface area contributed by atoms with Crippen LogP contribution in [0.2, 0.25) is 0 Å². The summed E-state index contributed by atoms with van der Waals surface area (Å²) in [5.41, 5.74) is 2.40. The summed E-state index contributed by atoms with van der Waals surface area (Å²) in [6.45, 7) is 0.805. The Balaban J connectivity index is 1.34. The van der Waals surface area contributed by atoms with Crippen LogP contribution in [0.4, 0.5) is 13.6 Å². The summed E-state index contributed by atoms with van der Waals surface area (Å²) in [7, 11) is -1.78. The molecule has 3 amide bonds. The van der Waals surface area contributed by atoms with Crippen molar-refractivity contribution in [1.82, 2.24) is 20.4 Å².